The SMILES string of the molecule is [2H]c1c([2H])c([2H])c2c(c1[2H])c1c([2H])c([2H])c([2H])c([2H])c1n2-c1c(C#N)c(-n2c3c([2H])c([2H])c([2H])c([2H])c3c3c([2H])c([2H])c([2H])c([2H])c32)c(-n2c3ccc(C(C)(C)C)cc3c3ccc4c5ccccc5sc4c32)c(-n2c3c([2H])c([2H])c([2H])c([2H])c3c3c([2H])c([2H])c([2H])c([2H])c32)c1[N+]#[C-]. The smallest absolute Gasteiger partial charge is 0.237 e. The predicted molar refractivity (Wildman–Crippen MR) is 306 cm³/mol. The minimum atomic E-state index is -0.951. The fraction of sp³-hybridized carbons (Fsp3) is 0.0606. The number of nitrogens with zero attached hydrogens (tertiary/aromatic N) is 6. The second-order valence-corrected chi connectivity index (χ2v) is 19.5. The van der Waals surface area contributed by atoms with E-state index in [-0.39, 0.29) is 11.0 Å². The molecule has 0 aliphatic carbocycles. The molecule has 5 heterocycles. The van der Waals surface area contributed by atoms with Crippen LogP contribution in [0.5, 0.6) is 0 Å². The van der Waals surface area contributed by atoms with Crippen molar-refractivity contribution in [1.29, 1.82) is 5.26 Å². The first kappa shape index (κ1) is 24.1. The first-order valence-corrected chi connectivity index (χ1v) is 23.6. The van der Waals surface area contributed by atoms with Crippen LogP contribution in [0, 0.1) is 17.9 Å². The van der Waals surface area contributed by atoms with Crippen molar-refractivity contribution in [3.8, 4) is 28.8 Å². The molecule has 0 amide bonds. The minimum Gasteiger partial charge on any atom is -0.318 e. The van der Waals surface area contributed by atoms with Crippen molar-refractivity contribution < 1.29 is 32.9 Å². The van der Waals surface area contributed by atoms with Crippen LogP contribution in [0.2, 0.25) is 0 Å². The van der Waals surface area contributed by atoms with Crippen LogP contribution in [-0.2, 0) is 5.41 Å². The molecule has 10 aromatic carbocycles. The van der Waals surface area contributed by atoms with E-state index in [1.165, 1.54) is 11.3 Å². The van der Waals surface area contributed by atoms with Gasteiger partial charge in [0.05, 0.1) is 117 Å². The number of nitriles is 1. The second-order valence-electron chi connectivity index (χ2n) is 18.4. The molecule has 5 aromatic heterocycles. The summed E-state index contributed by atoms with van der Waals surface area (Å²) in [7, 11) is 0. The standard InChI is InChI=1S/C66H42N6S/c1-66(2,3)39-33-36-57-49(37-39)47-34-35-48-46-25-11-18-32-58(46)73-65(48)62(47)72(57)64-61(70-53-28-14-7-21-42(53)43-22-8-15-29-54(43)70)50(38-67)60(69-51-26-12-5-19-40(51)41-20-6-13-27-52(41)69)59(68-4)63(64)71-55-30-16-9-23-44(55)45-24-10-17-31-56(45)71/h5-37H,1-3H3/i5D,6D,7D,8D,9D,10D,12D,13D,14D,15D,16D,17D,19D,20D,21D,22D,23D,24D,26D,27D,28D,29D,30D,31D. The number of aromatic nitrogens is 4. The Morgan fingerprint density at radius 2 is 0.918 bits per heavy atom. The molecule has 0 fully saturated rings. The van der Waals surface area contributed by atoms with Crippen molar-refractivity contribution in [2.24, 2.45) is 0 Å². The Labute approximate surface area is 457 Å². The summed E-state index contributed by atoms with van der Waals surface area (Å²) in [5.41, 5.74) is -7.82. The van der Waals surface area contributed by atoms with Gasteiger partial charge < -0.3 is 18.3 Å². The lowest BCUT2D eigenvalue weighted by Gasteiger charge is -2.27. The third-order valence-corrected chi connectivity index (χ3v) is 14.9. The first-order chi connectivity index (χ1) is 45.8. The Morgan fingerprint density at radius 1 is 0.466 bits per heavy atom. The highest BCUT2D eigenvalue weighted by Gasteiger charge is 2.35. The molecule has 6 nitrogen and oxygen atoms in total. The van der Waals surface area contributed by atoms with E-state index in [1.807, 2.05) is 63.2 Å². The molecule has 0 saturated heterocycles. The van der Waals surface area contributed by atoms with Crippen LogP contribution < -0.4 is 0 Å². The zero-order chi connectivity index (χ0) is 69.7. The molecule has 0 N–H and O–H groups in total. The highest BCUT2D eigenvalue weighted by Crippen LogP contribution is 2.53. The molecule has 15 aromatic rings. The minimum absolute atomic E-state index is 0.206. The number of hydrogen-bond donors (Lipinski definition) is 0. The summed E-state index contributed by atoms with van der Waals surface area (Å²) in [5.74, 6) is 0. The van der Waals surface area contributed by atoms with Crippen molar-refractivity contribution in [1.82, 2.24) is 18.3 Å². The summed E-state index contributed by atoms with van der Waals surface area (Å²) in [4.78, 5) is 4.25. The van der Waals surface area contributed by atoms with E-state index >= 15 is 0 Å². The molecule has 0 radical (unpaired) electrons. The zero-order valence-electron chi connectivity index (χ0n) is 62.3. The summed E-state index contributed by atoms with van der Waals surface area (Å²) in [6.45, 7) is 15.8. The lowest BCUT2D eigenvalue weighted by atomic mass is 9.86. The van der Waals surface area contributed by atoms with E-state index in [9.17, 15) is 36.5 Å². The summed E-state index contributed by atoms with van der Waals surface area (Å²) in [6, 6.07) is -2.78. The van der Waals surface area contributed by atoms with Crippen LogP contribution in [0.15, 0.2) is 200 Å². The van der Waals surface area contributed by atoms with E-state index in [4.69, 9.17) is 8.22 Å². The maximum atomic E-state index is 12.9. The van der Waals surface area contributed by atoms with Crippen molar-refractivity contribution in [3.05, 3.63) is 222 Å². The Kier molecular flexibility index (Phi) is 4.98. The normalized spacial score (nSPS) is 16.9. The highest BCUT2D eigenvalue weighted by atomic mass is 32.1. The van der Waals surface area contributed by atoms with Gasteiger partial charge in [0.25, 0.3) is 0 Å². The number of fused-ring (bicyclic) bond motifs is 16. The largest absolute Gasteiger partial charge is 0.318 e. The monoisotopic (exact) mass is 974 g/mol. The van der Waals surface area contributed by atoms with Crippen LogP contribution in [-0.4, -0.2) is 18.3 Å². The van der Waals surface area contributed by atoms with Gasteiger partial charge in [0.1, 0.15) is 6.07 Å². The zero-order valence-corrected chi connectivity index (χ0v) is 39.1. The molecule has 7 heteroatoms. The number of para-hydroxylation sites is 6. The summed E-state index contributed by atoms with van der Waals surface area (Å²) >= 11 is 1.30. The average molecular weight is 975 g/mol. The molecule has 0 unspecified atom stereocenters. The van der Waals surface area contributed by atoms with E-state index in [0.29, 0.717) is 20.9 Å². The molecule has 0 bridgehead atoms. The fourth-order valence-electron chi connectivity index (χ4n) is 10.7. The first-order valence-electron chi connectivity index (χ1n) is 34.7. The van der Waals surface area contributed by atoms with Crippen LogP contribution in [0.1, 0.15) is 64.8 Å². The second kappa shape index (κ2) is 15.1. The van der Waals surface area contributed by atoms with Crippen molar-refractivity contribution in [2.45, 2.75) is 26.2 Å². The predicted octanol–water partition coefficient (Wildman–Crippen LogP) is 18.2. The van der Waals surface area contributed by atoms with Gasteiger partial charge >= 0.3 is 0 Å². The molecule has 0 aliphatic rings. The summed E-state index contributed by atoms with van der Waals surface area (Å²) in [6.07, 6.45) is 0. The molecule has 73 heavy (non-hydrogen) atoms. The van der Waals surface area contributed by atoms with Crippen LogP contribution in [0.3, 0.4) is 0 Å². The lowest BCUT2D eigenvalue weighted by molar-refractivity contribution is 0.591. The summed E-state index contributed by atoms with van der Waals surface area (Å²) in [5, 5.41) is 11.9. The summed E-state index contributed by atoms with van der Waals surface area (Å²) < 4.78 is 234. The molecule has 15 rings (SSSR count). The Hall–Kier alpha value is -9.40. The Morgan fingerprint density at radius 3 is 1.40 bits per heavy atom. The molecule has 0 atom stereocenters. The number of rotatable bonds is 4. The quantitative estimate of drug-likeness (QED) is 0.162. The third kappa shape index (κ3) is 5.55. The van der Waals surface area contributed by atoms with Gasteiger partial charge in [-0.25, -0.2) is 4.85 Å². The number of thiophene rings is 1. The fourth-order valence-corrected chi connectivity index (χ4v) is 11.9. The van der Waals surface area contributed by atoms with Gasteiger partial charge in [-0.3, -0.25) is 0 Å². The Balaban J connectivity index is 1.42. The van der Waals surface area contributed by atoms with E-state index in [2.05, 4.69) is 10.9 Å². The maximum Gasteiger partial charge on any atom is 0.237 e. The van der Waals surface area contributed by atoms with Gasteiger partial charge in [0.2, 0.25) is 5.69 Å². The molecule has 342 valence electrons. The van der Waals surface area contributed by atoms with Gasteiger partial charge in [0.15, 0.2) is 0 Å². The van der Waals surface area contributed by atoms with Gasteiger partial charge in [-0.15, -0.1) is 11.3 Å². The van der Waals surface area contributed by atoms with Crippen molar-refractivity contribution in [2.75, 3.05) is 0 Å². The van der Waals surface area contributed by atoms with Crippen LogP contribution in [0.25, 0.3) is 135 Å². The van der Waals surface area contributed by atoms with Gasteiger partial charge in [-0.2, -0.15) is 5.26 Å². The highest BCUT2D eigenvalue weighted by molar-refractivity contribution is 7.26. The van der Waals surface area contributed by atoms with Crippen molar-refractivity contribution >= 4 is 124 Å². The van der Waals surface area contributed by atoms with E-state index in [0.717, 1.165) is 29.4 Å². The van der Waals surface area contributed by atoms with Gasteiger partial charge in [-0.05, 0) is 65.4 Å². The van der Waals surface area contributed by atoms with Gasteiger partial charge in [0, 0.05) is 58.6 Å². The van der Waals surface area contributed by atoms with Gasteiger partial charge in [-0.1, -0.05) is 166 Å². The topological polar surface area (TPSA) is 47.9 Å². The lowest BCUT2D eigenvalue weighted by Crippen LogP contribution is -2.15. The number of hydrogen-bond acceptors (Lipinski definition) is 2. The molecule has 0 aliphatic heterocycles. The Bertz CT molecular complexity index is 6020. The number of benzene rings is 10. The van der Waals surface area contributed by atoms with Crippen LogP contribution in [0.4, 0.5) is 5.69 Å². The third-order valence-electron chi connectivity index (χ3n) is 13.7. The van der Waals surface area contributed by atoms with E-state index in [1.54, 1.807) is 16.7 Å². The van der Waals surface area contributed by atoms with E-state index < -0.39 is 250 Å². The molecular weight excluding hydrogens is 909 g/mol. The average Bonchev–Trinajstić information content (AvgIpc) is 1.52. The van der Waals surface area contributed by atoms with Crippen LogP contribution >= 0.6 is 11.3 Å². The maximum absolute atomic E-state index is 12.9. The molecular formula is C66H42N6S. The molecule has 0 saturated carbocycles. The van der Waals surface area contributed by atoms with Crippen molar-refractivity contribution in [3.63, 3.8) is 0 Å². The molecule has 0 spiro atoms.